The Morgan fingerprint density at radius 1 is 1.00 bits per heavy atom. The van der Waals surface area contributed by atoms with Crippen LogP contribution in [0, 0.1) is 0 Å². The fraction of sp³-hybridized carbons (Fsp3) is 0.333. The van der Waals surface area contributed by atoms with Gasteiger partial charge in [-0.1, -0.05) is 37.3 Å². The molecule has 0 atom stereocenters. The van der Waals surface area contributed by atoms with Crippen LogP contribution >= 0.6 is 0 Å². The van der Waals surface area contributed by atoms with E-state index in [2.05, 4.69) is 48.6 Å². The molecular formula is C18H21NO2. The summed E-state index contributed by atoms with van der Waals surface area (Å²) in [6.45, 7) is 5.35. The van der Waals surface area contributed by atoms with Crippen LogP contribution in [0.3, 0.4) is 0 Å². The van der Waals surface area contributed by atoms with Crippen molar-refractivity contribution in [1.82, 2.24) is 5.32 Å². The number of ether oxygens (including phenoxy) is 2. The SMILES string of the molecule is CCCNCc1ccccc1-c1ccc2c(c1)OCCO2. The third-order valence-corrected chi connectivity index (χ3v) is 3.61. The Balaban J connectivity index is 1.89. The molecule has 0 bridgehead atoms. The summed E-state index contributed by atoms with van der Waals surface area (Å²) in [5, 5.41) is 3.47. The van der Waals surface area contributed by atoms with Crippen molar-refractivity contribution in [3.63, 3.8) is 0 Å². The molecule has 21 heavy (non-hydrogen) atoms. The highest BCUT2D eigenvalue weighted by Crippen LogP contribution is 2.35. The molecule has 0 spiro atoms. The van der Waals surface area contributed by atoms with Crippen molar-refractivity contribution in [2.75, 3.05) is 19.8 Å². The maximum Gasteiger partial charge on any atom is 0.161 e. The molecule has 3 heteroatoms. The first kappa shape index (κ1) is 14.0. The highest BCUT2D eigenvalue weighted by molar-refractivity contribution is 5.70. The Bertz CT molecular complexity index is 610. The third kappa shape index (κ3) is 3.19. The second kappa shape index (κ2) is 6.64. The van der Waals surface area contributed by atoms with Gasteiger partial charge in [-0.15, -0.1) is 0 Å². The molecule has 0 aromatic heterocycles. The van der Waals surface area contributed by atoms with Gasteiger partial charge < -0.3 is 14.8 Å². The van der Waals surface area contributed by atoms with Gasteiger partial charge in [-0.25, -0.2) is 0 Å². The zero-order chi connectivity index (χ0) is 14.5. The topological polar surface area (TPSA) is 30.5 Å². The molecule has 0 fully saturated rings. The normalized spacial score (nSPS) is 13.2. The van der Waals surface area contributed by atoms with Crippen LogP contribution < -0.4 is 14.8 Å². The summed E-state index contributed by atoms with van der Waals surface area (Å²) in [6.07, 6.45) is 1.15. The second-order valence-electron chi connectivity index (χ2n) is 5.19. The molecule has 0 unspecified atom stereocenters. The summed E-state index contributed by atoms with van der Waals surface area (Å²) in [4.78, 5) is 0. The van der Waals surface area contributed by atoms with E-state index in [-0.39, 0.29) is 0 Å². The molecular weight excluding hydrogens is 262 g/mol. The standard InChI is InChI=1S/C18H21NO2/c1-2-9-19-13-15-5-3-4-6-16(15)14-7-8-17-18(12-14)21-11-10-20-17/h3-8,12,19H,2,9-11,13H2,1H3. The number of rotatable bonds is 5. The quantitative estimate of drug-likeness (QED) is 0.850. The van der Waals surface area contributed by atoms with Crippen molar-refractivity contribution < 1.29 is 9.47 Å². The lowest BCUT2D eigenvalue weighted by molar-refractivity contribution is 0.171. The summed E-state index contributed by atoms with van der Waals surface area (Å²) in [7, 11) is 0. The highest BCUT2D eigenvalue weighted by Gasteiger charge is 2.13. The average Bonchev–Trinajstić information content (AvgIpc) is 2.55. The Labute approximate surface area is 125 Å². The molecule has 3 rings (SSSR count). The predicted molar refractivity (Wildman–Crippen MR) is 84.9 cm³/mol. The van der Waals surface area contributed by atoms with Crippen LogP contribution in [0.15, 0.2) is 42.5 Å². The van der Waals surface area contributed by atoms with Crippen LogP contribution in [-0.4, -0.2) is 19.8 Å². The van der Waals surface area contributed by atoms with E-state index in [1.54, 1.807) is 0 Å². The Kier molecular flexibility index (Phi) is 4.41. The summed E-state index contributed by atoms with van der Waals surface area (Å²) < 4.78 is 11.3. The number of benzene rings is 2. The molecule has 3 nitrogen and oxygen atoms in total. The number of fused-ring (bicyclic) bond motifs is 1. The van der Waals surface area contributed by atoms with Crippen LogP contribution in [0.25, 0.3) is 11.1 Å². The van der Waals surface area contributed by atoms with Gasteiger partial charge in [-0.2, -0.15) is 0 Å². The summed E-state index contributed by atoms with van der Waals surface area (Å²) >= 11 is 0. The van der Waals surface area contributed by atoms with Crippen LogP contribution in [0.5, 0.6) is 11.5 Å². The van der Waals surface area contributed by atoms with Gasteiger partial charge in [0.25, 0.3) is 0 Å². The van der Waals surface area contributed by atoms with Gasteiger partial charge in [-0.05, 0) is 41.8 Å². The molecule has 2 aromatic carbocycles. The number of hydrogen-bond donors (Lipinski definition) is 1. The number of nitrogens with one attached hydrogen (secondary N) is 1. The lowest BCUT2D eigenvalue weighted by atomic mass is 9.99. The average molecular weight is 283 g/mol. The zero-order valence-electron chi connectivity index (χ0n) is 12.4. The van der Waals surface area contributed by atoms with E-state index < -0.39 is 0 Å². The fourth-order valence-electron chi connectivity index (χ4n) is 2.57. The van der Waals surface area contributed by atoms with E-state index in [1.807, 2.05) is 6.07 Å². The van der Waals surface area contributed by atoms with Crippen LogP contribution in [-0.2, 0) is 6.54 Å². The molecule has 1 heterocycles. The van der Waals surface area contributed by atoms with Gasteiger partial charge in [0.05, 0.1) is 0 Å². The van der Waals surface area contributed by atoms with Gasteiger partial charge in [0.15, 0.2) is 11.5 Å². The molecule has 0 amide bonds. The van der Waals surface area contributed by atoms with Gasteiger partial charge in [-0.3, -0.25) is 0 Å². The Morgan fingerprint density at radius 3 is 2.67 bits per heavy atom. The minimum absolute atomic E-state index is 0.621. The molecule has 1 aliphatic heterocycles. The summed E-state index contributed by atoms with van der Waals surface area (Å²) in [6, 6.07) is 14.7. The lowest BCUT2D eigenvalue weighted by Gasteiger charge is -2.19. The van der Waals surface area contributed by atoms with Crippen LogP contribution in [0.1, 0.15) is 18.9 Å². The van der Waals surface area contributed by atoms with Crippen LogP contribution in [0.4, 0.5) is 0 Å². The zero-order valence-corrected chi connectivity index (χ0v) is 12.4. The molecule has 1 aliphatic rings. The van der Waals surface area contributed by atoms with Gasteiger partial charge in [0.1, 0.15) is 13.2 Å². The maximum atomic E-state index is 5.68. The first-order valence-corrected chi connectivity index (χ1v) is 7.57. The van der Waals surface area contributed by atoms with Crippen molar-refractivity contribution in [2.24, 2.45) is 0 Å². The van der Waals surface area contributed by atoms with Crippen molar-refractivity contribution in [3.8, 4) is 22.6 Å². The second-order valence-corrected chi connectivity index (χ2v) is 5.19. The molecule has 110 valence electrons. The summed E-state index contributed by atoms with van der Waals surface area (Å²) in [5.41, 5.74) is 3.73. The van der Waals surface area contributed by atoms with E-state index in [4.69, 9.17) is 9.47 Å². The molecule has 0 saturated carbocycles. The Hall–Kier alpha value is -2.00. The van der Waals surface area contributed by atoms with Gasteiger partial charge >= 0.3 is 0 Å². The molecule has 0 aliphatic carbocycles. The summed E-state index contributed by atoms with van der Waals surface area (Å²) in [5.74, 6) is 1.68. The monoisotopic (exact) mass is 283 g/mol. The smallest absolute Gasteiger partial charge is 0.161 e. The maximum absolute atomic E-state index is 5.68. The van der Waals surface area contributed by atoms with Gasteiger partial charge in [0.2, 0.25) is 0 Å². The van der Waals surface area contributed by atoms with E-state index in [0.717, 1.165) is 31.0 Å². The first-order chi connectivity index (χ1) is 10.4. The van der Waals surface area contributed by atoms with Crippen molar-refractivity contribution in [2.45, 2.75) is 19.9 Å². The van der Waals surface area contributed by atoms with Crippen molar-refractivity contribution >= 4 is 0 Å². The van der Waals surface area contributed by atoms with E-state index in [0.29, 0.717) is 13.2 Å². The fourth-order valence-corrected chi connectivity index (χ4v) is 2.57. The minimum atomic E-state index is 0.621. The van der Waals surface area contributed by atoms with Crippen LogP contribution in [0.2, 0.25) is 0 Å². The van der Waals surface area contributed by atoms with E-state index in [9.17, 15) is 0 Å². The van der Waals surface area contributed by atoms with Gasteiger partial charge in [0, 0.05) is 6.54 Å². The third-order valence-electron chi connectivity index (χ3n) is 3.61. The lowest BCUT2D eigenvalue weighted by Crippen LogP contribution is -2.15. The predicted octanol–water partition coefficient (Wildman–Crippen LogP) is 3.62. The highest BCUT2D eigenvalue weighted by atomic mass is 16.6. The number of hydrogen-bond acceptors (Lipinski definition) is 3. The Morgan fingerprint density at radius 2 is 1.81 bits per heavy atom. The largest absolute Gasteiger partial charge is 0.486 e. The van der Waals surface area contributed by atoms with E-state index in [1.165, 1.54) is 16.7 Å². The first-order valence-electron chi connectivity index (χ1n) is 7.57. The molecule has 0 saturated heterocycles. The molecule has 2 aromatic rings. The minimum Gasteiger partial charge on any atom is -0.486 e. The molecule has 0 radical (unpaired) electrons. The van der Waals surface area contributed by atoms with E-state index >= 15 is 0 Å². The van der Waals surface area contributed by atoms with Crippen molar-refractivity contribution in [3.05, 3.63) is 48.0 Å². The molecule has 1 N–H and O–H groups in total. The van der Waals surface area contributed by atoms with Crippen molar-refractivity contribution in [1.29, 1.82) is 0 Å².